The van der Waals surface area contributed by atoms with Gasteiger partial charge in [-0.05, 0) is 0 Å². The van der Waals surface area contributed by atoms with E-state index in [1.54, 1.807) is 6.92 Å². The van der Waals surface area contributed by atoms with Gasteiger partial charge in [-0.2, -0.15) is 0 Å². The number of phosphoric ester groups is 1. The van der Waals surface area contributed by atoms with E-state index in [9.17, 15) is 9.36 Å². The molecule has 1 aliphatic heterocycles. The molecule has 0 unspecified atom stereocenters. The van der Waals surface area contributed by atoms with E-state index < -0.39 is 7.82 Å². The van der Waals surface area contributed by atoms with E-state index in [4.69, 9.17) is 9.79 Å². The monoisotopic (exact) mass is 232 g/mol. The number of hydrogen-bond donors (Lipinski definition) is 3. The zero-order chi connectivity index (χ0) is 11.6. The summed E-state index contributed by atoms with van der Waals surface area (Å²) in [5.41, 5.74) is 0.925. The van der Waals surface area contributed by atoms with Gasteiger partial charge in [0.2, 0.25) is 5.71 Å². The molecule has 7 heteroatoms. The van der Waals surface area contributed by atoms with Gasteiger partial charge in [0.15, 0.2) is 6.20 Å². The lowest BCUT2D eigenvalue weighted by molar-refractivity contribution is -0.374. The van der Waals surface area contributed by atoms with Gasteiger partial charge >= 0.3 is 7.82 Å². The summed E-state index contributed by atoms with van der Waals surface area (Å²) in [6.45, 7) is 4.75. The van der Waals surface area contributed by atoms with Crippen LogP contribution in [0.15, 0.2) is 23.9 Å². The summed E-state index contributed by atoms with van der Waals surface area (Å²) in [4.78, 5) is 31.0. The molecule has 0 bridgehead atoms. The highest BCUT2D eigenvalue weighted by molar-refractivity contribution is 7.46. The van der Waals surface area contributed by atoms with E-state index in [1.807, 2.05) is 0 Å². The molecule has 0 spiro atoms. The predicted molar refractivity (Wildman–Crippen MR) is 51.9 cm³/mol. The maximum absolute atomic E-state index is 11.4. The Morgan fingerprint density at radius 2 is 2.20 bits per heavy atom. The van der Waals surface area contributed by atoms with Gasteiger partial charge in [0.1, 0.15) is 0 Å². The van der Waals surface area contributed by atoms with Crippen molar-refractivity contribution in [1.29, 1.82) is 0 Å². The van der Waals surface area contributed by atoms with Crippen LogP contribution in [0.2, 0.25) is 0 Å². The number of phosphoric acid groups is 1. The first-order chi connectivity index (χ1) is 6.81. The Labute approximate surface area is 86.2 Å². The highest BCUT2D eigenvalue weighted by Crippen LogP contribution is 2.36. The minimum absolute atomic E-state index is 0.180. The van der Waals surface area contributed by atoms with Crippen molar-refractivity contribution in [3.8, 4) is 0 Å². The largest absolute Gasteiger partial charge is 0.469 e. The van der Waals surface area contributed by atoms with E-state index in [2.05, 4.69) is 16.1 Å². The molecule has 0 aromatic carbocycles. The number of nitrogens with one attached hydrogen (secondary N) is 1. The molecule has 0 saturated carbocycles. The van der Waals surface area contributed by atoms with Crippen molar-refractivity contribution in [2.75, 3.05) is 6.61 Å². The smallest absolute Gasteiger partial charge is 0.303 e. The fourth-order valence-corrected chi connectivity index (χ4v) is 1.31. The van der Waals surface area contributed by atoms with Gasteiger partial charge < -0.3 is 9.79 Å². The van der Waals surface area contributed by atoms with Gasteiger partial charge in [0.05, 0.1) is 12.2 Å². The van der Waals surface area contributed by atoms with Crippen LogP contribution >= 0.6 is 7.82 Å². The van der Waals surface area contributed by atoms with Crippen LogP contribution in [0, 0.1) is 0 Å². The van der Waals surface area contributed by atoms with Crippen molar-refractivity contribution in [3.63, 3.8) is 0 Å². The highest BCUT2D eigenvalue weighted by Gasteiger charge is 2.26. The molecule has 3 N–H and O–H groups in total. The fraction of sp³-hybridized carbons (Fsp3) is 0.250. The molecule has 6 nitrogen and oxygen atoms in total. The second-order valence-electron chi connectivity index (χ2n) is 3.01. The van der Waals surface area contributed by atoms with Crippen LogP contribution in [0.3, 0.4) is 0 Å². The number of carbonyl (C=O) groups is 1. The van der Waals surface area contributed by atoms with Gasteiger partial charge in [0.25, 0.3) is 5.78 Å². The third-order valence-electron chi connectivity index (χ3n) is 1.85. The molecule has 1 heterocycles. The van der Waals surface area contributed by atoms with Crippen molar-refractivity contribution < 1.29 is 28.7 Å². The van der Waals surface area contributed by atoms with Crippen LogP contribution in [0.4, 0.5) is 0 Å². The first-order valence-corrected chi connectivity index (χ1v) is 5.57. The fourth-order valence-electron chi connectivity index (χ4n) is 1.00. The summed E-state index contributed by atoms with van der Waals surface area (Å²) in [6.07, 6.45) is 1.44. The Morgan fingerprint density at radius 3 is 2.73 bits per heavy atom. The lowest BCUT2D eigenvalue weighted by Gasteiger charge is -2.10. The van der Waals surface area contributed by atoms with Crippen LogP contribution in [0.1, 0.15) is 6.92 Å². The van der Waals surface area contributed by atoms with Crippen LogP contribution in [-0.2, 0) is 13.9 Å². The summed E-state index contributed by atoms with van der Waals surface area (Å²) in [5, 5.41) is 0. The maximum atomic E-state index is 11.4. The molecule has 0 fully saturated rings. The average Bonchev–Trinajstić information content (AvgIpc) is 2.12. The molecule has 0 atom stereocenters. The normalized spacial score (nSPS) is 17.5. The Balaban J connectivity index is 2.76. The second kappa shape index (κ2) is 4.20. The molecule has 15 heavy (non-hydrogen) atoms. The summed E-state index contributed by atoms with van der Waals surface area (Å²) in [6, 6.07) is 0. The molecular weight excluding hydrogens is 221 g/mol. The molecule has 1 aliphatic rings. The lowest BCUT2D eigenvalue weighted by Crippen LogP contribution is -2.70. The van der Waals surface area contributed by atoms with Crippen LogP contribution in [0.5, 0.6) is 0 Å². The van der Waals surface area contributed by atoms with Gasteiger partial charge in [-0.3, -0.25) is 9.32 Å². The Hall–Kier alpha value is -1.07. The molecule has 0 amide bonds. The van der Waals surface area contributed by atoms with Crippen molar-refractivity contribution in [3.05, 3.63) is 23.9 Å². The van der Waals surface area contributed by atoms with Crippen LogP contribution in [-0.4, -0.2) is 27.9 Å². The first-order valence-electron chi connectivity index (χ1n) is 4.04. The van der Waals surface area contributed by atoms with E-state index in [0.717, 1.165) is 0 Å². The maximum Gasteiger partial charge on any atom is 0.469 e. The van der Waals surface area contributed by atoms with Gasteiger partial charge in [0, 0.05) is 12.5 Å². The predicted octanol–water partition coefficient (Wildman–Crippen LogP) is -1.34. The quantitative estimate of drug-likeness (QED) is 0.413. The van der Waals surface area contributed by atoms with E-state index in [1.165, 1.54) is 6.20 Å². The molecular formula is C8H11NO5P+. The van der Waals surface area contributed by atoms with Gasteiger partial charge in [-0.25, -0.2) is 9.56 Å². The topological polar surface area (TPSA) is 97.8 Å². The highest BCUT2D eigenvalue weighted by atomic mass is 31.2. The summed E-state index contributed by atoms with van der Waals surface area (Å²) < 4.78 is 14.7. The molecule has 0 aromatic heterocycles. The Morgan fingerprint density at radius 1 is 1.60 bits per heavy atom. The standard InChI is InChI=1S/C8H10NO5P/c1-5-7(4-14-15(11,12)13)3-9-6(2)8(5)10/h3H,1,4H2,2H3,(H2,11,12,13)/p+1. The van der Waals surface area contributed by atoms with Crippen molar-refractivity contribution in [1.82, 2.24) is 0 Å². The van der Waals surface area contributed by atoms with Crippen molar-refractivity contribution in [2.24, 2.45) is 0 Å². The van der Waals surface area contributed by atoms with Crippen LogP contribution in [0.25, 0.3) is 0 Å². The van der Waals surface area contributed by atoms with E-state index in [0.29, 0.717) is 11.3 Å². The summed E-state index contributed by atoms with van der Waals surface area (Å²) in [5.74, 6) is -0.290. The molecule has 0 aliphatic carbocycles. The Kier molecular flexibility index (Phi) is 3.36. The molecule has 0 saturated heterocycles. The number of Topliss-reactive ketones (excluding diaryl/α,β-unsaturated/α-hetero) is 1. The van der Waals surface area contributed by atoms with E-state index >= 15 is 0 Å². The molecule has 0 radical (unpaired) electrons. The van der Waals surface area contributed by atoms with E-state index in [-0.39, 0.29) is 18.0 Å². The molecule has 0 aromatic rings. The number of ketones is 1. The first kappa shape index (κ1) is 12.0. The molecule has 1 rings (SSSR count). The Bertz CT molecular complexity index is 417. The molecule has 82 valence electrons. The third-order valence-corrected chi connectivity index (χ3v) is 2.32. The number of hydrogen-bond acceptors (Lipinski definition) is 3. The number of carbonyl (C=O) groups excluding carboxylic acids is 1. The number of rotatable bonds is 3. The summed E-state index contributed by atoms with van der Waals surface area (Å²) in [7, 11) is -4.52. The minimum Gasteiger partial charge on any atom is -0.303 e. The van der Waals surface area contributed by atoms with Gasteiger partial charge in [-0.1, -0.05) is 6.58 Å². The second-order valence-corrected chi connectivity index (χ2v) is 4.25. The zero-order valence-corrected chi connectivity index (χ0v) is 8.95. The van der Waals surface area contributed by atoms with Gasteiger partial charge in [-0.15, -0.1) is 0 Å². The average molecular weight is 232 g/mol. The summed E-state index contributed by atoms with van der Waals surface area (Å²) >= 11 is 0. The lowest BCUT2D eigenvalue weighted by atomic mass is 10.0. The SMILES string of the molecule is C=C1C(=O)C(C)=[NH+]C=C1COP(=O)(O)O. The van der Waals surface area contributed by atoms with Crippen LogP contribution < -0.4 is 4.99 Å². The van der Waals surface area contributed by atoms with Crippen molar-refractivity contribution in [2.45, 2.75) is 6.92 Å². The third kappa shape index (κ3) is 3.21. The zero-order valence-electron chi connectivity index (χ0n) is 8.06. The minimum atomic E-state index is -4.52. The van der Waals surface area contributed by atoms with Crippen molar-refractivity contribution >= 4 is 19.3 Å².